The molecule has 1 heterocycles. The monoisotopic (exact) mass is 1110 g/mol. The van der Waals surface area contributed by atoms with Gasteiger partial charge in [0.25, 0.3) is 0 Å². The van der Waals surface area contributed by atoms with Crippen molar-refractivity contribution in [2.75, 3.05) is 72.6 Å². The van der Waals surface area contributed by atoms with E-state index in [2.05, 4.69) is 20.6 Å². The summed E-state index contributed by atoms with van der Waals surface area (Å²) in [4.78, 5) is 116. The molecule has 0 aromatic carbocycles. The smallest absolute Gasteiger partial charge is 0.306 e. The number of nitrogens with zero attached hydrogens (tertiary/aromatic N) is 1. The number of ether oxygens (including phenoxy) is 4. The van der Waals surface area contributed by atoms with E-state index in [-0.39, 0.29) is 146 Å². The molecule has 0 saturated heterocycles. The van der Waals surface area contributed by atoms with Crippen molar-refractivity contribution in [1.82, 2.24) is 20.6 Å². The highest BCUT2D eigenvalue weighted by molar-refractivity contribution is 5.92. The van der Waals surface area contributed by atoms with Crippen molar-refractivity contribution in [2.45, 2.75) is 200 Å². The number of aliphatic carboxylic acids is 2. The molecule has 1 aromatic heterocycles. The zero-order chi connectivity index (χ0) is 57.7. The first-order chi connectivity index (χ1) is 37.4. The molecule has 21 nitrogen and oxygen atoms in total. The summed E-state index contributed by atoms with van der Waals surface area (Å²) in [6.45, 7) is 4.09. The average molecular weight is 1110 g/mol. The Morgan fingerprint density at radius 3 is 1.64 bits per heavy atom. The van der Waals surface area contributed by atoms with Gasteiger partial charge in [-0.1, -0.05) is 97.3 Å². The Morgan fingerprint density at radius 1 is 0.564 bits per heavy atom. The highest BCUT2D eigenvalue weighted by atomic mass is 16.5. The lowest BCUT2D eigenvalue weighted by Crippen LogP contribution is -2.33. The average Bonchev–Trinajstić information content (AvgIpc) is 3.92. The van der Waals surface area contributed by atoms with Crippen molar-refractivity contribution in [1.29, 1.82) is 0 Å². The lowest BCUT2D eigenvalue weighted by Gasteiger charge is -2.24. The second-order valence-corrected chi connectivity index (χ2v) is 20.9. The number of hydrogen-bond donors (Lipinski definition) is 7. The molecular formula is C57H96N4O17. The van der Waals surface area contributed by atoms with Gasteiger partial charge in [-0.05, 0) is 44.9 Å². The summed E-state index contributed by atoms with van der Waals surface area (Å²) in [7, 11) is 0. The third-order valence-corrected chi connectivity index (χ3v) is 13.6. The Labute approximate surface area is 462 Å². The number of aliphatic hydroxyl groups excluding tert-OH is 2. The molecule has 21 heteroatoms. The molecule has 0 saturated carbocycles. The lowest BCUT2D eigenvalue weighted by molar-refractivity contribution is -0.144. The molecular weight excluding hydrogens is 1010 g/mol. The van der Waals surface area contributed by atoms with Crippen LogP contribution in [0.2, 0.25) is 0 Å². The van der Waals surface area contributed by atoms with Crippen LogP contribution in [0.3, 0.4) is 0 Å². The number of Topliss-reactive ketones (excluding diaryl/α,β-unsaturated/α-hetero) is 5. The van der Waals surface area contributed by atoms with Crippen LogP contribution in [0, 0.1) is 17.3 Å². The van der Waals surface area contributed by atoms with Crippen molar-refractivity contribution in [2.24, 2.45) is 17.3 Å². The third-order valence-electron chi connectivity index (χ3n) is 13.6. The molecule has 0 aliphatic rings. The molecule has 0 spiro atoms. The van der Waals surface area contributed by atoms with Gasteiger partial charge < -0.3 is 55.0 Å². The number of aliphatic hydroxyl groups is 2. The zero-order valence-corrected chi connectivity index (χ0v) is 47.0. The number of carboxylic acid groups (broad SMARTS) is 2. The highest BCUT2D eigenvalue weighted by Crippen LogP contribution is 2.28. The van der Waals surface area contributed by atoms with Crippen LogP contribution in [0.1, 0.15) is 193 Å². The van der Waals surface area contributed by atoms with Crippen LogP contribution in [0.15, 0.2) is 12.5 Å². The molecule has 0 aliphatic carbocycles. The van der Waals surface area contributed by atoms with E-state index in [0.29, 0.717) is 50.9 Å². The molecule has 7 N–H and O–H groups in total. The highest BCUT2D eigenvalue weighted by Gasteiger charge is 2.33. The fraction of sp³-hybridized carbons (Fsp3) is 0.789. The maximum absolute atomic E-state index is 13.0. The van der Waals surface area contributed by atoms with Crippen LogP contribution in [-0.2, 0) is 68.5 Å². The quantitative estimate of drug-likeness (QED) is 0.0346. The van der Waals surface area contributed by atoms with Gasteiger partial charge in [0.2, 0.25) is 11.8 Å². The van der Waals surface area contributed by atoms with Crippen LogP contribution in [-0.4, -0.2) is 162 Å². The number of carbonyl (C=O) groups is 9. The van der Waals surface area contributed by atoms with E-state index in [0.717, 1.165) is 44.9 Å². The molecule has 0 radical (unpaired) electrons. The predicted molar refractivity (Wildman–Crippen MR) is 290 cm³/mol. The number of H-pyrrole nitrogens is 1. The van der Waals surface area contributed by atoms with Crippen LogP contribution >= 0.6 is 0 Å². The van der Waals surface area contributed by atoms with Gasteiger partial charge >= 0.3 is 11.9 Å². The summed E-state index contributed by atoms with van der Waals surface area (Å²) >= 11 is 0. The van der Waals surface area contributed by atoms with E-state index >= 15 is 0 Å². The molecule has 446 valence electrons. The van der Waals surface area contributed by atoms with E-state index in [9.17, 15) is 58.5 Å². The molecule has 0 unspecified atom stereocenters. The predicted octanol–water partition coefficient (Wildman–Crippen LogP) is 6.41. The first kappa shape index (κ1) is 71.2. The second kappa shape index (κ2) is 46.0. The maximum Gasteiger partial charge on any atom is 0.306 e. The SMILES string of the molecule is CC(C)(CC(=O)[C@@H](O)Cc1cnc[nH]1)C(=O)CC[C@@H](CCCCNC(=O)COCCOCCNC(=O)COCCOCCCC(=O)CC[C@H](CC(=O)CCCCCCCCCCCCCCCCC(=O)O)C(=O)O)C(=O)CO. The van der Waals surface area contributed by atoms with Gasteiger partial charge in [-0.3, -0.25) is 43.2 Å². The number of ketones is 5. The van der Waals surface area contributed by atoms with Crippen molar-refractivity contribution in [3.8, 4) is 0 Å². The standard InChI is InChI=1S/C57H96N4O17/c1-57(2,38-50(66)49(65)37-46-39-58-43-61-46)52(68)27-25-44(51(67)40-62)20-17-18-28-59-53(69)41-78-35-33-76-31-29-60-54(70)42-77-34-32-75-30-19-22-47(63)26-24-45(56(73)74)36-48(64)21-15-13-11-9-7-5-3-4-6-8-10-12-14-16-23-55(71)72/h39,43-45,49,62,65H,3-38,40-42H2,1-2H3,(H,58,61)(H,59,69)(H,60,70)(H,71,72)(H,73,74)/t44-,45-,49+/m1/s1. The van der Waals surface area contributed by atoms with Gasteiger partial charge in [-0.25, -0.2) is 4.98 Å². The van der Waals surface area contributed by atoms with Crippen molar-refractivity contribution < 1.29 is 82.5 Å². The summed E-state index contributed by atoms with van der Waals surface area (Å²) in [6.07, 6.45) is 20.0. The topological polar surface area (TPSA) is 324 Å². The Hall–Kier alpha value is -4.80. The van der Waals surface area contributed by atoms with E-state index in [1.807, 2.05) is 0 Å². The fourth-order valence-corrected chi connectivity index (χ4v) is 8.73. The van der Waals surface area contributed by atoms with E-state index in [1.54, 1.807) is 13.8 Å². The number of aromatic amines is 1. The number of unbranched alkanes of at least 4 members (excludes halogenated alkanes) is 14. The molecule has 0 aliphatic heterocycles. The van der Waals surface area contributed by atoms with Gasteiger partial charge in [-0.15, -0.1) is 0 Å². The molecule has 2 amide bonds. The minimum absolute atomic E-state index is 0.0341. The summed E-state index contributed by atoms with van der Waals surface area (Å²) in [5, 5.41) is 43.5. The number of rotatable bonds is 56. The van der Waals surface area contributed by atoms with Crippen molar-refractivity contribution in [3.05, 3.63) is 18.2 Å². The number of imidazole rings is 1. The van der Waals surface area contributed by atoms with Crippen molar-refractivity contribution >= 4 is 52.7 Å². The normalized spacial score (nSPS) is 12.7. The minimum atomic E-state index is -1.28. The fourth-order valence-electron chi connectivity index (χ4n) is 8.73. The van der Waals surface area contributed by atoms with Gasteiger partial charge in [0, 0.05) is 94.3 Å². The zero-order valence-electron chi connectivity index (χ0n) is 47.0. The van der Waals surface area contributed by atoms with Gasteiger partial charge in [0.05, 0.1) is 45.3 Å². The van der Waals surface area contributed by atoms with Gasteiger partial charge in [0.1, 0.15) is 43.3 Å². The number of amides is 2. The molecule has 78 heavy (non-hydrogen) atoms. The summed E-state index contributed by atoms with van der Waals surface area (Å²) in [5.74, 6) is -5.09. The number of carboxylic acids is 2. The Kier molecular flexibility index (Phi) is 42.0. The number of hydrogen-bond acceptors (Lipinski definition) is 16. The number of carbonyl (C=O) groups excluding carboxylic acids is 7. The van der Waals surface area contributed by atoms with Crippen LogP contribution < -0.4 is 10.6 Å². The summed E-state index contributed by atoms with van der Waals surface area (Å²) < 4.78 is 21.6. The molecule has 1 aromatic rings. The first-order valence-corrected chi connectivity index (χ1v) is 28.6. The maximum atomic E-state index is 13.0. The Balaban J connectivity index is 2.00. The van der Waals surface area contributed by atoms with E-state index in [4.69, 9.17) is 24.1 Å². The molecule has 3 atom stereocenters. The Morgan fingerprint density at radius 2 is 1.09 bits per heavy atom. The Bertz CT molecular complexity index is 1840. The van der Waals surface area contributed by atoms with Crippen LogP contribution in [0.25, 0.3) is 0 Å². The lowest BCUT2D eigenvalue weighted by atomic mass is 9.78. The summed E-state index contributed by atoms with van der Waals surface area (Å²) in [6, 6.07) is 0. The number of aromatic nitrogens is 2. The largest absolute Gasteiger partial charge is 0.481 e. The number of nitrogens with one attached hydrogen (secondary N) is 3. The van der Waals surface area contributed by atoms with Gasteiger partial charge in [-0.2, -0.15) is 0 Å². The molecule has 0 fully saturated rings. The molecule has 1 rings (SSSR count). The molecule has 0 bridgehead atoms. The van der Waals surface area contributed by atoms with E-state index in [1.165, 1.54) is 57.5 Å². The van der Waals surface area contributed by atoms with E-state index < -0.39 is 47.7 Å². The van der Waals surface area contributed by atoms with Crippen LogP contribution in [0.4, 0.5) is 0 Å². The first-order valence-electron chi connectivity index (χ1n) is 28.6. The van der Waals surface area contributed by atoms with Crippen molar-refractivity contribution in [3.63, 3.8) is 0 Å². The third kappa shape index (κ3) is 39.5. The second-order valence-electron chi connectivity index (χ2n) is 20.9. The minimum Gasteiger partial charge on any atom is -0.481 e. The van der Waals surface area contributed by atoms with Gasteiger partial charge in [0.15, 0.2) is 11.6 Å². The van der Waals surface area contributed by atoms with Crippen LogP contribution in [0.5, 0.6) is 0 Å². The summed E-state index contributed by atoms with van der Waals surface area (Å²) in [5.41, 5.74) is -0.449.